The predicted molar refractivity (Wildman–Crippen MR) is 151 cm³/mol. The second kappa shape index (κ2) is 12.3. The first-order valence-corrected chi connectivity index (χ1v) is 13.0. The monoisotopic (exact) mass is 585 g/mol. The highest BCUT2D eigenvalue weighted by molar-refractivity contribution is 6.53. The van der Waals surface area contributed by atoms with Gasteiger partial charge in [0.15, 0.2) is 0 Å². The van der Waals surface area contributed by atoms with E-state index in [9.17, 15) is 19.2 Å². The number of nitrogens with one attached hydrogen (secondary N) is 2. The summed E-state index contributed by atoms with van der Waals surface area (Å²) < 4.78 is 5.21. The van der Waals surface area contributed by atoms with E-state index in [1.807, 2.05) is 6.92 Å². The summed E-state index contributed by atoms with van der Waals surface area (Å²) in [5.41, 5.74) is 1.43. The van der Waals surface area contributed by atoms with Gasteiger partial charge in [-0.1, -0.05) is 54.2 Å². The van der Waals surface area contributed by atoms with Gasteiger partial charge in [-0.3, -0.25) is 14.4 Å². The van der Waals surface area contributed by atoms with E-state index in [1.54, 1.807) is 36.4 Å². The average Bonchev–Trinajstić information content (AvgIpc) is 3.11. The summed E-state index contributed by atoms with van der Waals surface area (Å²) in [6.45, 7) is 2.25. The highest BCUT2D eigenvalue weighted by Gasteiger charge is 2.39. The van der Waals surface area contributed by atoms with Gasteiger partial charge in [0.25, 0.3) is 17.7 Å². The zero-order valence-electron chi connectivity index (χ0n) is 20.6. The molecular formula is C28H22Cl3N3O5. The van der Waals surface area contributed by atoms with E-state index >= 15 is 0 Å². The molecule has 0 aliphatic carbocycles. The van der Waals surface area contributed by atoms with E-state index in [0.29, 0.717) is 27.0 Å². The van der Waals surface area contributed by atoms with Crippen LogP contribution in [0.3, 0.4) is 0 Å². The number of ether oxygens (including phenoxy) is 1. The molecule has 0 fully saturated rings. The summed E-state index contributed by atoms with van der Waals surface area (Å²) in [5, 5.41) is 6.01. The van der Waals surface area contributed by atoms with E-state index in [4.69, 9.17) is 39.5 Å². The minimum atomic E-state index is -0.739. The Kier molecular flexibility index (Phi) is 8.91. The first kappa shape index (κ1) is 28.2. The van der Waals surface area contributed by atoms with Crippen LogP contribution in [0.1, 0.15) is 40.5 Å². The van der Waals surface area contributed by atoms with Gasteiger partial charge in [-0.15, -0.1) is 0 Å². The van der Waals surface area contributed by atoms with Crippen molar-refractivity contribution in [2.24, 2.45) is 0 Å². The minimum absolute atomic E-state index is 0.136. The summed E-state index contributed by atoms with van der Waals surface area (Å²) in [6.07, 6.45) is 1.60. The van der Waals surface area contributed by atoms with Crippen LogP contribution in [0.2, 0.25) is 10.0 Å². The molecule has 0 saturated heterocycles. The Hall–Kier alpha value is -3.85. The zero-order valence-corrected chi connectivity index (χ0v) is 22.9. The summed E-state index contributed by atoms with van der Waals surface area (Å²) >= 11 is 18.2. The van der Waals surface area contributed by atoms with Crippen molar-refractivity contribution < 1.29 is 23.9 Å². The lowest BCUT2D eigenvalue weighted by molar-refractivity contribution is -0.120. The normalized spacial score (nSPS) is 13.1. The molecule has 1 heterocycles. The van der Waals surface area contributed by atoms with Gasteiger partial charge in [-0.25, -0.2) is 9.69 Å². The van der Waals surface area contributed by atoms with Crippen molar-refractivity contribution in [2.75, 3.05) is 22.1 Å². The van der Waals surface area contributed by atoms with E-state index in [2.05, 4.69) is 10.6 Å². The molecule has 3 aromatic rings. The number of benzene rings is 3. The van der Waals surface area contributed by atoms with E-state index in [-0.39, 0.29) is 28.6 Å². The van der Waals surface area contributed by atoms with Crippen LogP contribution in [0.5, 0.6) is 0 Å². The molecule has 0 aromatic heterocycles. The molecule has 0 atom stereocenters. The minimum Gasteiger partial charge on any atom is -0.462 e. The van der Waals surface area contributed by atoms with Crippen LogP contribution in [-0.2, 0) is 14.3 Å². The molecule has 0 bridgehead atoms. The molecule has 0 unspecified atom stereocenters. The van der Waals surface area contributed by atoms with Crippen molar-refractivity contribution in [3.8, 4) is 0 Å². The van der Waals surface area contributed by atoms with Crippen LogP contribution in [0.4, 0.5) is 17.1 Å². The number of unbranched alkanes of at least 4 members (excludes halogenated alkanes) is 1. The number of amides is 3. The van der Waals surface area contributed by atoms with Gasteiger partial charge in [0.1, 0.15) is 10.7 Å². The summed E-state index contributed by atoms with van der Waals surface area (Å²) in [6, 6.07) is 16.9. The number of anilines is 3. The second-order valence-electron chi connectivity index (χ2n) is 8.49. The van der Waals surface area contributed by atoms with Crippen molar-refractivity contribution in [3.63, 3.8) is 0 Å². The summed E-state index contributed by atoms with van der Waals surface area (Å²) in [7, 11) is 0. The highest BCUT2D eigenvalue weighted by atomic mass is 35.5. The molecule has 39 heavy (non-hydrogen) atoms. The van der Waals surface area contributed by atoms with Crippen molar-refractivity contribution in [3.05, 3.63) is 98.6 Å². The maximum Gasteiger partial charge on any atom is 0.338 e. The fourth-order valence-corrected chi connectivity index (χ4v) is 4.43. The fourth-order valence-electron chi connectivity index (χ4n) is 3.69. The standard InChI is InChI=1S/C28H22Cl3N3O5/c1-2-3-11-39-28(38)17-5-4-6-22(12-17)34-26(36)23(31)24(27(34)37)32-20-9-7-16(8-10-20)25(35)33-21-14-18(29)13-19(30)15-21/h4-10,12-15,32H,2-3,11H2,1H3,(H,33,35). The SMILES string of the molecule is CCCCOC(=O)c1cccc(N2C(=O)C(Cl)=C(Nc3ccc(C(=O)Nc4cc(Cl)cc(Cl)c4)cc3)C2=O)c1. The fraction of sp³-hybridized carbons (Fsp3) is 0.143. The Morgan fingerprint density at radius 2 is 1.54 bits per heavy atom. The third kappa shape index (κ3) is 6.60. The lowest BCUT2D eigenvalue weighted by Crippen LogP contribution is -2.32. The molecule has 0 saturated carbocycles. The van der Waals surface area contributed by atoms with Gasteiger partial charge < -0.3 is 15.4 Å². The van der Waals surface area contributed by atoms with Gasteiger partial charge in [-0.05, 0) is 67.1 Å². The third-order valence-corrected chi connectivity index (χ3v) is 6.42. The van der Waals surface area contributed by atoms with Crippen LogP contribution >= 0.6 is 34.8 Å². The number of carbonyl (C=O) groups excluding carboxylic acids is 4. The van der Waals surface area contributed by atoms with Gasteiger partial charge in [0.05, 0.1) is 17.9 Å². The average molecular weight is 587 g/mol. The molecule has 11 heteroatoms. The lowest BCUT2D eigenvalue weighted by Gasteiger charge is -2.16. The van der Waals surface area contributed by atoms with E-state index in [0.717, 1.165) is 17.7 Å². The van der Waals surface area contributed by atoms with Crippen molar-refractivity contribution in [1.82, 2.24) is 0 Å². The second-order valence-corrected chi connectivity index (χ2v) is 9.74. The maximum atomic E-state index is 13.2. The topological polar surface area (TPSA) is 105 Å². The lowest BCUT2D eigenvalue weighted by atomic mass is 10.1. The quantitative estimate of drug-likeness (QED) is 0.165. The van der Waals surface area contributed by atoms with Crippen LogP contribution in [0, 0.1) is 0 Å². The van der Waals surface area contributed by atoms with E-state index < -0.39 is 23.7 Å². The number of halogens is 3. The molecule has 2 N–H and O–H groups in total. The number of hydrogen-bond donors (Lipinski definition) is 2. The van der Waals surface area contributed by atoms with Crippen LogP contribution in [0.15, 0.2) is 77.5 Å². The zero-order chi connectivity index (χ0) is 28.1. The molecule has 8 nitrogen and oxygen atoms in total. The Bertz CT molecular complexity index is 1470. The molecule has 200 valence electrons. The highest BCUT2D eigenvalue weighted by Crippen LogP contribution is 2.31. The maximum absolute atomic E-state index is 13.2. The van der Waals surface area contributed by atoms with Crippen molar-refractivity contribution in [2.45, 2.75) is 19.8 Å². The first-order chi connectivity index (χ1) is 18.7. The number of hydrogen-bond acceptors (Lipinski definition) is 6. The smallest absolute Gasteiger partial charge is 0.338 e. The number of rotatable bonds is 9. The number of carbonyl (C=O) groups is 4. The third-order valence-electron chi connectivity index (χ3n) is 5.64. The van der Waals surface area contributed by atoms with Crippen LogP contribution < -0.4 is 15.5 Å². The number of imide groups is 1. The van der Waals surface area contributed by atoms with Crippen LogP contribution in [-0.4, -0.2) is 30.3 Å². The van der Waals surface area contributed by atoms with Gasteiger partial charge in [-0.2, -0.15) is 0 Å². The number of nitrogens with zero attached hydrogens (tertiary/aromatic N) is 1. The Labute approximate surface area is 239 Å². The summed E-state index contributed by atoms with van der Waals surface area (Å²) in [5.74, 6) is -2.38. The summed E-state index contributed by atoms with van der Waals surface area (Å²) in [4.78, 5) is 51.8. The first-order valence-electron chi connectivity index (χ1n) is 11.9. The van der Waals surface area contributed by atoms with Gasteiger partial charge >= 0.3 is 5.97 Å². The molecular weight excluding hydrogens is 565 g/mol. The van der Waals surface area contributed by atoms with E-state index in [1.165, 1.54) is 30.3 Å². The molecule has 0 radical (unpaired) electrons. The largest absolute Gasteiger partial charge is 0.462 e. The Balaban J connectivity index is 1.45. The molecule has 4 rings (SSSR count). The molecule has 1 aliphatic heterocycles. The van der Waals surface area contributed by atoms with Gasteiger partial charge in [0.2, 0.25) is 0 Å². The molecule has 3 aromatic carbocycles. The van der Waals surface area contributed by atoms with Crippen molar-refractivity contribution in [1.29, 1.82) is 0 Å². The molecule has 3 amide bonds. The van der Waals surface area contributed by atoms with Gasteiger partial charge in [0, 0.05) is 27.0 Å². The molecule has 0 spiro atoms. The Morgan fingerprint density at radius 3 is 2.21 bits per heavy atom. The van der Waals surface area contributed by atoms with Crippen molar-refractivity contribution >= 4 is 75.6 Å². The van der Waals surface area contributed by atoms with Crippen LogP contribution in [0.25, 0.3) is 0 Å². The molecule has 1 aliphatic rings. The Morgan fingerprint density at radius 1 is 0.846 bits per heavy atom. The number of esters is 1. The predicted octanol–water partition coefficient (Wildman–Crippen LogP) is 6.64.